The number of carbonyl (C=O) groups is 1. The molecular weight excluding hydrogens is 407 g/mol. The minimum atomic E-state index is -0.341. The summed E-state index contributed by atoms with van der Waals surface area (Å²) in [6, 6.07) is 5.23. The third-order valence-electron chi connectivity index (χ3n) is 5.36. The molecule has 2 saturated carbocycles. The van der Waals surface area contributed by atoms with E-state index < -0.39 is 0 Å². The molecule has 1 amide bonds. The molecule has 2 aliphatic carbocycles. The second-order valence-corrected chi connectivity index (χ2v) is 8.78. The van der Waals surface area contributed by atoms with Crippen molar-refractivity contribution in [3.05, 3.63) is 29.6 Å². The highest BCUT2D eigenvalue weighted by Gasteiger charge is 2.44. The van der Waals surface area contributed by atoms with Gasteiger partial charge in [-0.05, 0) is 69.6 Å². The predicted octanol–water partition coefficient (Wildman–Crippen LogP) is 4.68. The Kier molecular flexibility index (Phi) is 8.65. The summed E-state index contributed by atoms with van der Waals surface area (Å²) in [7, 11) is 0. The third kappa shape index (κ3) is 6.75. The van der Waals surface area contributed by atoms with Gasteiger partial charge >= 0.3 is 6.09 Å². The van der Waals surface area contributed by atoms with Gasteiger partial charge in [-0.2, -0.15) is 0 Å². The zero-order valence-corrected chi connectivity index (χ0v) is 18.8. The van der Waals surface area contributed by atoms with E-state index in [-0.39, 0.29) is 24.2 Å². The number of benzene rings is 1. The summed E-state index contributed by atoms with van der Waals surface area (Å²) in [5, 5.41) is 0. The van der Waals surface area contributed by atoms with Crippen molar-refractivity contribution < 1.29 is 23.4 Å². The fourth-order valence-corrected chi connectivity index (χ4v) is 4.03. The van der Waals surface area contributed by atoms with Crippen LogP contribution in [0.2, 0.25) is 0 Å². The number of carbonyl (C=O) groups excluding carboxylic acids is 1. The first-order chi connectivity index (χ1) is 14.6. The van der Waals surface area contributed by atoms with E-state index >= 15 is 0 Å². The molecule has 2 aliphatic rings. The number of halogens is 1. The first kappa shape index (κ1) is 23.2. The highest BCUT2D eigenvalue weighted by molar-refractivity contribution is 7.97. The molecule has 3 rings (SSSR count). The highest BCUT2D eigenvalue weighted by atomic mass is 32.2. The first-order valence-electron chi connectivity index (χ1n) is 10.9. The summed E-state index contributed by atoms with van der Waals surface area (Å²) < 4.78 is 33.9. The van der Waals surface area contributed by atoms with Crippen LogP contribution < -0.4 is 9.46 Å². The van der Waals surface area contributed by atoms with Gasteiger partial charge in [0.1, 0.15) is 6.73 Å². The maximum Gasteiger partial charge on any atom is 0.411 e. The van der Waals surface area contributed by atoms with Gasteiger partial charge in [0.2, 0.25) is 0 Å². The zero-order chi connectivity index (χ0) is 21.4. The van der Waals surface area contributed by atoms with Crippen LogP contribution in [0.15, 0.2) is 18.2 Å². The number of ether oxygens (including phenoxy) is 3. The van der Waals surface area contributed by atoms with Crippen molar-refractivity contribution >= 4 is 18.0 Å². The minimum Gasteiger partial charge on any atom is -0.490 e. The van der Waals surface area contributed by atoms with Gasteiger partial charge in [0.15, 0.2) is 11.6 Å². The molecule has 2 fully saturated rings. The lowest BCUT2D eigenvalue weighted by Crippen LogP contribution is -2.33. The summed E-state index contributed by atoms with van der Waals surface area (Å²) in [6.45, 7) is 6.04. The molecule has 0 heterocycles. The molecule has 0 atom stereocenters. The zero-order valence-electron chi connectivity index (χ0n) is 18.0. The maximum atomic E-state index is 14.1. The Hall–Kier alpha value is -1.51. The molecule has 1 aromatic rings. The molecule has 0 spiro atoms. The average Bonchev–Trinajstić information content (AvgIpc) is 3.65. The van der Waals surface area contributed by atoms with E-state index in [2.05, 4.69) is 4.72 Å². The summed E-state index contributed by atoms with van der Waals surface area (Å²) in [4.78, 5) is 13.2. The Morgan fingerprint density at radius 3 is 2.80 bits per heavy atom. The van der Waals surface area contributed by atoms with Crippen molar-refractivity contribution in [1.29, 1.82) is 0 Å². The van der Waals surface area contributed by atoms with Crippen molar-refractivity contribution in [2.45, 2.75) is 51.5 Å². The van der Waals surface area contributed by atoms with Gasteiger partial charge in [-0.15, -0.1) is 0 Å². The number of hydrogen-bond donors (Lipinski definition) is 1. The molecule has 168 valence electrons. The highest BCUT2D eigenvalue weighted by Crippen LogP contribution is 2.48. The molecule has 0 unspecified atom stereocenters. The van der Waals surface area contributed by atoms with Gasteiger partial charge in [-0.1, -0.05) is 18.0 Å². The fourth-order valence-electron chi connectivity index (χ4n) is 3.06. The van der Waals surface area contributed by atoms with Gasteiger partial charge < -0.3 is 14.2 Å². The van der Waals surface area contributed by atoms with Crippen LogP contribution in [0, 0.1) is 11.7 Å². The van der Waals surface area contributed by atoms with Crippen LogP contribution in [0.3, 0.4) is 0 Å². The SMILES string of the molecule is CCOC(=O)N(CC)COCCCSNC1(c2ccc(F)c(OCC3CC3)c2)CC1. The topological polar surface area (TPSA) is 60.0 Å². The van der Waals surface area contributed by atoms with Crippen LogP contribution in [0.25, 0.3) is 0 Å². The summed E-state index contributed by atoms with van der Waals surface area (Å²) in [5.74, 6) is 1.57. The van der Waals surface area contributed by atoms with E-state index in [1.807, 2.05) is 19.1 Å². The normalized spacial score (nSPS) is 16.9. The molecule has 0 radical (unpaired) electrons. The number of amides is 1. The van der Waals surface area contributed by atoms with Crippen LogP contribution in [0.5, 0.6) is 5.75 Å². The Morgan fingerprint density at radius 2 is 2.13 bits per heavy atom. The van der Waals surface area contributed by atoms with Crippen molar-refractivity contribution in [2.24, 2.45) is 5.92 Å². The lowest BCUT2D eigenvalue weighted by Gasteiger charge is -2.20. The standard InChI is InChI=1S/C22H33FN2O4S/c1-3-25(21(26)28-4-2)16-27-12-5-13-30-24-22(10-11-22)18-8-9-19(23)20(14-18)29-15-17-6-7-17/h8-9,14,17,24H,3-7,10-13,15-16H2,1-2H3. The fraction of sp³-hybridized carbons (Fsp3) is 0.682. The molecule has 0 aromatic heterocycles. The van der Waals surface area contributed by atoms with E-state index in [4.69, 9.17) is 14.2 Å². The molecule has 8 heteroatoms. The Bertz CT molecular complexity index is 698. The third-order valence-corrected chi connectivity index (χ3v) is 6.39. The lowest BCUT2D eigenvalue weighted by atomic mass is 10.1. The monoisotopic (exact) mass is 440 g/mol. The van der Waals surface area contributed by atoms with E-state index in [0.717, 1.165) is 30.6 Å². The molecular formula is C22H33FN2O4S. The quantitative estimate of drug-likeness (QED) is 0.257. The molecule has 1 aromatic carbocycles. The molecule has 0 saturated heterocycles. The average molecular weight is 441 g/mol. The van der Waals surface area contributed by atoms with Crippen molar-refractivity contribution in [1.82, 2.24) is 9.62 Å². The predicted molar refractivity (Wildman–Crippen MR) is 116 cm³/mol. The largest absolute Gasteiger partial charge is 0.490 e. The smallest absolute Gasteiger partial charge is 0.411 e. The van der Waals surface area contributed by atoms with E-state index in [0.29, 0.717) is 38.0 Å². The Labute approximate surface area is 182 Å². The number of rotatable bonds is 14. The number of hydrogen-bond acceptors (Lipinski definition) is 6. The summed E-state index contributed by atoms with van der Waals surface area (Å²) in [5.41, 5.74) is 1.01. The van der Waals surface area contributed by atoms with Gasteiger partial charge in [0, 0.05) is 18.9 Å². The lowest BCUT2D eigenvalue weighted by molar-refractivity contribution is 0.0236. The molecule has 0 aliphatic heterocycles. The second kappa shape index (κ2) is 11.2. The van der Waals surface area contributed by atoms with E-state index in [9.17, 15) is 9.18 Å². The van der Waals surface area contributed by atoms with E-state index in [1.54, 1.807) is 18.9 Å². The van der Waals surface area contributed by atoms with Gasteiger partial charge in [0.25, 0.3) is 0 Å². The summed E-state index contributed by atoms with van der Waals surface area (Å²) >= 11 is 1.67. The molecule has 6 nitrogen and oxygen atoms in total. The van der Waals surface area contributed by atoms with E-state index in [1.165, 1.54) is 23.8 Å². The maximum absolute atomic E-state index is 14.1. The minimum absolute atomic E-state index is 0.0835. The van der Waals surface area contributed by atoms with Gasteiger partial charge in [-0.25, -0.2) is 9.18 Å². The van der Waals surface area contributed by atoms with Crippen molar-refractivity contribution in [3.8, 4) is 5.75 Å². The van der Waals surface area contributed by atoms with Crippen LogP contribution >= 0.6 is 11.9 Å². The van der Waals surface area contributed by atoms with Crippen molar-refractivity contribution in [3.63, 3.8) is 0 Å². The number of nitrogens with zero attached hydrogens (tertiary/aromatic N) is 1. The van der Waals surface area contributed by atoms with Crippen LogP contribution in [-0.2, 0) is 15.0 Å². The molecule has 0 bridgehead atoms. The molecule has 1 N–H and O–H groups in total. The molecule has 30 heavy (non-hydrogen) atoms. The Morgan fingerprint density at radius 1 is 1.33 bits per heavy atom. The van der Waals surface area contributed by atoms with Crippen LogP contribution in [0.4, 0.5) is 9.18 Å². The number of nitrogens with one attached hydrogen (secondary N) is 1. The van der Waals surface area contributed by atoms with Crippen molar-refractivity contribution in [2.75, 3.05) is 38.8 Å². The Balaban J connectivity index is 1.35. The second-order valence-electron chi connectivity index (χ2n) is 7.88. The van der Waals surface area contributed by atoms with Crippen LogP contribution in [-0.4, -0.2) is 49.8 Å². The summed E-state index contributed by atoms with van der Waals surface area (Å²) in [6.07, 6.45) is 4.97. The first-order valence-corrected chi connectivity index (χ1v) is 11.9. The van der Waals surface area contributed by atoms with Gasteiger partial charge in [0.05, 0.1) is 18.8 Å². The van der Waals surface area contributed by atoms with Gasteiger partial charge in [-0.3, -0.25) is 9.62 Å². The van der Waals surface area contributed by atoms with Crippen LogP contribution in [0.1, 0.15) is 51.5 Å².